The van der Waals surface area contributed by atoms with Gasteiger partial charge in [0.05, 0.1) is 6.10 Å². The van der Waals surface area contributed by atoms with E-state index < -0.39 is 6.10 Å². The van der Waals surface area contributed by atoms with Gasteiger partial charge in [-0.3, -0.25) is 4.79 Å². The van der Waals surface area contributed by atoms with Crippen molar-refractivity contribution in [1.29, 1.82) is 0 Å². The number of hydrogen-bond acceptors (Lipinski definition) is 3. The molecule has 1 amide bonds. The van der Waals surface area contributed by atoms with Gasteiger partial charge in [0, 0.05) is 19.7 Å². The Labute approximate surface area is 102 Å². The van der Waals surface area contributed by atoms with Gasteiger partial charge in [-0.25, -0.2) is 0 Å². The van der Waals surface area contributed by atoms with Gasteiger partial charge in [-0.15, -0.1) is 0 Å². The third-order valence-corrected chi connectivity index (χ3v) is 2.47. The van der Waals surface area contributed by atoms with Gasteiger partial charge in [0.1, 0.15) is 5.75 Å². The van der Waals surface area contributed by atoms with Gasteiger partial charge in [-0.05, 0) is 25.5 Å². The number of hydrogen-bond donors (Lipinski definition) is 1. The highest BCUT2D eigenvalue weighted by Crippen LogP contribution is 2.26. The van der Waals surface area contributed by atoms with Crippen molar-refractivity contribution in [3.8, 4) is 5.75 Å². The van der Waals surface area contributed by atoms with Gasteiger partial charge in [-0.1, -0.05) is 12.1 Å². The molecule has 1 atom stereocenters. The van der Waals surface area contributed by atoms with Gasteiger partial charge in [0.15, 0.2) is 6.61 Å². The van der Waals surface area contributed by atoms with Gasteiger partial charge >= 0.3 is 0 Å². The molecule has 0 bridgehead atoms. The summed E-state index contributed by atoms with van der Waals surface area (Å²) in [5.41, 5.74) is 1.73. The highest BCUT2D eigenvalue weighted by atomic mass is 16.5. The van der Waals surface area contributed by atoms with Crippen molar-refractivity contribution < 1.29 is 14.6 Å². The molecule has 0 aliphatic heterocycles. The van der Waals surface area contributed by atoms with Crippen LogP contribution in [0, 0.1) is 6.92 Å². The van der Waals surface area contributed by atoms with Gasteiger partial charge < -0.3 is 14.7 Å². The Morgan fingerprint density at radius 2 is 2.12 bits per heavy atom. The van der Waals surface area contributed by atoms with E-state index in [0.29, 0.717) is 11.3 Å². The van der Waals surface area contributed by atoms with E-state index in [1.165, 1.54) is 4.90 Å². The molecule has 17 heavy (non-hydrogen) atoms. The first kappa shape index (κ1) is 13.5. The average Bonchev–Trinajstić information content (AvgIpc) is 2.25. The molecule has 94 valence electrons. The molecule has 0 aliphatic rings. The molecule has 4 nitrogen and oxygen atoms in total. The van der Waals surface area contributed by atoms with E-state index in [1.54, 1.807) is 21.0 Å². The molecule has 1 N–H and O–H groups in total. The molecule has 1 aromatic rings. The number of rotatable bonds is 4. The molecule has 1 rings (SSSR count). The summed E-state index contributed by atoms with van der Waals surface area (Å²) < 4.78 is 5.45. The topological polar surface area (TPSA) is 49.8 Å². The van der Waals surface area contributed by atoms with Crippen LogP contribution in [-0.4, -0.2) is 36.6 Å². The van der Waals surface area contributed by atoms with E-state index in [1.807, 2.05) is 25.1 Å². The van der Waals surface area contributed by atoms with Crippen LogP contribution < -0.4 is 4.74 Å². The minimum absolute atomic E-state index is 0.0177. The SMILES string of the molecule is Cc1ccc([C@H](C)O)c(OCC(=O)N(C)C)c1. The van der Waals surface area contributed by atoms with Crippen LogP contribution in [0.15, 0.2) is 18.2 Å². The molecule has 0 spiro atoms. The minimum Gasteiger partial charge on any atom is -0.483 e. The summed E-state index contributed by atoms with van der Waals surface area (Å²) in [6.07, 6.45) is -0.611. The Balaban J connectivity index is 2.82. The van der Waals surface area contributed by atoms with Crippen LogP contribution in [0.2, 0.25) is 0 Å². The zero-order valence-corrected chi connectivity index (χ0v) is 10.7. The number of nitrogens with zero attached hydrogens (tertiary/aromatic N) is 1. The standard InChI is InChI=1S/C13H19NO3/c1-9-5-6-11(10(2)15)12(7-9)17-8-13(16)14(3)4/h5-7,10,15H,8H2,1-4H3/t10-/m0/s1. The number of amides is 1. The number of aryl methyl sites for hydroxylation is 1. The maximum absolute atomic E-state index is 11.4. The number of carbonyl (C=O) groups excluding carboxylic acids is 1. The molecular formula is C13H19NO3. The van der Waals surface area contributed by atoms with E-state index in [-0.39, 0.29) is 12.5 Å². The number of likely N-dealkylation sites (N-methyl/N-ethyl adjacent to an activating group) is 1. The third kappa shape index (κ3) is 3.75. The van der Waals surface area contributed by atoms with Crippen LogP contribution in [0.4, 0.5) is 0 Å². The largest absolute Gasteiger partial charge is 0.483 e. The van der Waals surface area contributed by atoms with Crippen molar-refractivity contribution in [2.45, 2.75) is 20.0 Å². The molecular weight excluding hydrogens is 218 g/mol. The van der Waals surface area contributed by atoms with E-state index >= 15 is 0 Å². The molecule has 0 aliphatic carbocycles. The summed E-state index contributed by atoms with van der Waals surface area (Å²) in [6.45, 7) is 3.59. The lowest BCUT2D eigenvalue weighted by molar-refractivity contribution is -0.130. The van der Waals surface area contributed by atoms with E-state index in [2.05, 4.69) is 0 Å². The molecule has 0 heterocycles. The molecule has 0 saturated carbocycles. The summed E-state index contributed by atoms with van der Waals surface area (Å²) >= 11 is 0. The van der Waals surface area contributed by atoms with Crippen LogP contribution in [0.25, 0.3) is 0 Å². The number of benzene rings is 1. The monoisotopic (exact) mass is 237 g/mol. The predicted molar refractivity (Wildman–Crippen MR) is 66.0 cm³/mol. The number of ether oxygens (including phenoxy) is 1. The second kappa shape index (κ2) is 5.68. The molecule has 1 aromatic carbocycles. The maximum Gasteiger partial charge on any atom is 0.259 e. The highest BCUT2D eigenvalue weighted by molar-refractivity contribution is 5.77. The quantitative estimate of drug-likeness (QED) is 0.863. The first-order valence-corrected chi connectivity index (χ1v) is 5.53. The maximum atomic E-state index is 11.4. The summed E-state index contributed by atoms with van der Waals surface area (Å²) in [7, 11) is 3.36. The fourth-order valence-electron chi connectivity index (χ4n) is 1.38. The lowest BCUT2D eigenvalue weighted by atomic mass is 10.1. The van der Waals surface area contributed by atoms with Crippen molar-refractivity contribution >= 4 is 5.91 Å². The predicted octanol–water partition coefficient (Wildman–Crippen LogP) is 1.52. The zero-order chi connectivity index (χ0) is 13.0. The van der Waals surface area contributed by atoms with Crippen LogP contribution >= 0.6 is 0 Å². The van der Waals surface area contributed by atoms with Crippen LogP contribution in [0.5, 0.6) is 5.75 Å². The van der Waals surface area contributed by atoms with E-state index in [9.17, 15) is 9.90 Å². The fraction of sp³-hybridized carbons (Fsp3) is 0.462. The first-order valence-electron chi connectivity index (χ1n) is 5.53. The zero-order valence-electron chi connectivity index (χ0n) is 10.7. The van der Waals surface area contributed by atoms with Crippen molar-refractivity contribution in [2.24, 2.45) is 0 Å². The summed E-state index contributed by atoms with van der Waals surface area (Å²) in [4.78, 5) is 12.9. The van der Waals surface area contributed by atoms with Crippen molar-refractivity contribution in [3.63, 3.8) is 0 Å². The highest BCUT2D eigenvalue weighted by Gasteiger charge is 2.11. The van der Waals surface area contributed by atoms with E-state index in [4.69, 9.17) is 4.74 Å². The second-order valence-electron chi connectivity index (χ2n) is 4.29. The van der Waals surface area contributed by atoms with Crippen LogP contribution in [0.1, 0.15) is 24.2 Å². The van der Waals surface area contributed by atoms with Crippen LogP contribution in [-0.2, 0) is 4.79 Å². The summed E-state index contributed by atoms with van der Waals surface area (Å²) in [5, 5.41) is 9.59. The van der Waals surface area contributed by atoms with Gasteiger partial charge in [-0.2, -0.15) is 0 Å². The molecule has 0 radical (unpaired) electrons. The smallest absolute Gasteiger partial charge is 0.259 e. The normalized spacial score (nSPS) is 12.1. The van der Waals surface area contributed by atoms with Crippen molar-refractivity contribution in [3.05, 3.63) is 29.3 Å². The minimum atomic E-state index is -0.611. The van der Waals surface area contributed by atoms with Crippen molar-refractivity contribution in [2.75, 3.05) is 20.7 Å². The Morgan fingerprint density at radius 3 is 2.65 bits per heavy atom. The Morgan fingerprint density at radius 1 is 1.47 bits per heavy atom. The molecule has 0 unspecified atom stereocenters. The Kier molecular flexibility index (Phi) is 4.52. The lowest BCUT2D eigenvalue weighted by Crippen LogP contribution is -2.27. The molecule has 0 fully saturated rings. The van der Waals surface area contributed by atoms with Crippen molar-refractivity contribution in [1.82, 2.24) is 4.90 Å². The number of aliphatic hydroxyl groups is 1. The molecule has 0 saturated heterocycles. The first-order chi connectivity index (χ1) is 7.91. The van der Waals surface area contributed by atoms with Crippen LogP contribution in [0.3, 0.4) is 0 Å². The average molecular weight is 237 g/mol. The fourth-order valence-corrected chi connectivity index (χ4v) is 1.38. The Hall–Kier alpha value is -1.55. The lowest BCUT2D eigenvalue weighted by Gasteiger charge is -2.15. The summed E-state index contributed by atoms with van der Waals surface area (Å²) in [6, 6.07) is 5.54. The third-order valence-electron chi connectivity index (χ3n) is 2.47. The Bertz CT molecular complexity index is 400. The van der Waals surface area contributed by atoms with E-state index in [0.717, 1.165) is 5.56 Å². The summed E-state index contributed by atoms with van der Waals surface area (Å²) in [5.74, 6) is 0.457. The number of aliphatic hydroxyl groups excluding tert-OH is 1. The number of carbonyl (C=O) groups is 1. The molecule has 4 heteroatoms. The second-order valence-corrected chi connectivity index (χ2v) is 4.29. The molecule has 0 aromatic heterocycles. The van der Waals surface area contributed by atoms with Gasteiger partial charge in [0.25, 0.3) is 5.91 Å². The van der Waals surface area contributed by atoms with Gasteiger partial charge in [0.2, 0.25) is 0 Å².